The Bertz CT molecular complexity index is 1230. The van der Waals surface area contributed by atoms with Crippen molar-refractivity contribution in [3.63, 3.8) is 0 Å². The summed E-state index contributed by atoms with van der Waals surface area (Å²) in [6.45, 7) is 15.8. The van der Waals surface area contributed by atoms with Crippen LogP contribution in [0.1, 0.15) is 65.2 Å². The van der Waals surface area contributed by atoms with Gasteiger partial charge in [0.15, 0.2) is 0 Å². The van der Waals surface area contributed by atoms with E-state index >= 15 is 0 Å². The topological polar surface area (TPSA) is 0 Å². The van der Waals surface area contributed by atoms with E-state index in [1.54, 1.807) is 0 Å². The van der Waals surface area contributed by atoms with Crippen LogP contribution in [0.15, 0.2) is 120 Å². The van der Waals surface area contributed by atoms with Gasteiger partial charge in [0.25, 0.3) is 0 Å². The van der Waals surface area contributed by atoms with Gasteiger partial charge in [-0.1, -0.05) is 120 Å². The summed E-state index contributed by atoms with van der Waals surface area (Å²) < 4.78 is 0. The van der Waals surface area contributed by atoms with Gasteiger partial charge in [0.05, 0.1) is 0 Å². The molecule has 3 heteroatoms. The fraction of sp³-hybridized carbons (Fsp3) is 0.294. The molecule has 0 bridgehead atoms. The lowest BCUT2D eigenvalue weighted by molar-refractivity contribution is 0.589. The number of hydrogen-bond donors (Lipinski definition) is 0. The third-order valence-corrected chi connectivity index (χ3v) is 9.27. The lowest BCUT2D eigenvalue weighted by Gasteiger charge is -2.19. The summed E-state index contributed by atoms with van der Waals surface area (Å²) in [5.74, 6) is 0. The van der Waals surface area contributed by atoms with Crippen LogP contribution in [-0.4, -0.2) is 0 Å². The van der Waals surface area contributed by atoms with Gasteiger partial charge in [-0.15, -0.1) is 0 Å². The average Bonchev–Trinajstić information content (AvgIpc) is 2.84. The number of hydrogen-bond acceptors (Lipinski definition) is 3. The standard InChI is InChI=1S/C34H38S3/c1-8-24-9-15-27(16-10-24)35-30-21-31(36-28-17-11-25(12-18-28)33(2,3)4)23-32(22-30)37-29-19-13-26(14-20-29)34(5,6)7/h9-23H,8H2,1-7H3. The predicted molar refractivity (Wildman–Crippen MR) is 165 cm³/mol. The highest BCUT2D eigenvalue weighted by molar-refractivity contribution is 8.01. The number of benzene rings is 4. The molecule has 4 rings (SSSR count). The molecule has 37 heavy (non-hydrogen) atoms. The van der Waals surface area contributed by atoms with Gasteiger partial charge < -0.3 is 0 Å². The quantitative estimate of drug-likeness (QED) is 0.228. The summed E-state index contributed by atoms with van der Waals surface area (Å²) in [6.07, 6.45) is 1.07. The molecule has 0 atom stereocenters. The maximum atomic E-state index is 2.33. The van der Waals surface area contributed by atoms with Gasteiger partial charge in [0, 0.05) is 29.4 Å². The van der Waals surface area contributed by atoms with Gasteiger partial charge in [0.1, 0.15) is 0 Å². The van der Waals surface area contributed by atoms with Crippen LogP contribution in [0.5, 0.6) is 0 Å². The molecule has 0 spiro atoms. The van der Waals surface area contributed by atoms with E-state index in [1.807, 2.05) is 35.3 Å². The molecule has 0 saturated heterocycles. The minimum Gasteiger partial charge on any atom is -0.0900 e. The van der Waals surface area contributed by atoms with Crippen molar-refractivity contribution in [1.29, 1.82) is 0 Å². The molecule has 0 radical (unpaired) electrons. The number of rotatable bonds is 7. The zero-order valence-corrected chi connectivity index (χ0v) is 25.5. The van der Waals surface area contributed by atoms with Crippen molar-refractivity contribution < 1.29 is 0 Å². The first-order chi connectivity index (χ1) is 17.5. The Kier molecular flexibility index (Phi) is 8.89. The highest BCUT2D eigenvalue weighted by atomic mass is 32.2. The summed E-state index contributed by atoms with van der Waals surface area (Å²) >= 11 is 5.52. The van der Waals surface area contributed by atoms with Crippen LogP contribution in [0.3, 0.4) is 0 Å². The maximum absolute atomic E-state index is 2.33. The second-order valence-corrected chi connectivity index (χ2v) is 14.9. The molecular formula is C34H38S3. The minimum absolute atomic E-state index is 0.166. The van der Waals surface area contributed by atoms with Gasteiger partial charge in [0.2, 0.25) is 0 Å². The van der Waals surface area contributed by atoms with Gasteiger partial charge in [-0.25, -0.2) is 0 Å². The van der Waals surface area contributed by atoms with Gasteiger partial charge in [-0.3, -0.25) is 0 Å². The molecule has 0 aromatic heterocycles. The summed E-state index contributed by atoms with van der Waals surface area (Å²) in [5.41, 5.74) is 4.44. The Labute approximate surface area is 237 Å². The van der Waals surface area contributed by atoms with Crippen molar-refractivity contribution in [2.45, 2.75) is 95.1 Å². The van der Waals surface area contributed by atoms with E-state index in [2.05, 4.69) is 139 Å². The lowest BCUT2D eigenvalue weighted by atomic mass is 9.87. The summed E-state index contributed by atoms with van der Waals surface area (Å²) in [7, 11) is 0. The molecule has 192 valence electrons. The second-order valence-electron chi connectivity index (χ2n) is 11.5. The maximum Gasteiger partial charge on any atom is 0.0144 e. The molecule has 0 aliphatic rings. The van der Waals surface area contributed by atoms with E-state index < -0.39 is 0 Å². The van der Waals surface area contributed by atoms with Gasteiger partial charge in [-0.2, -0.15) is 0 Å². The molecule has 4 aromatic carbocycles. The summed E-state index contributed by atoms with van der Waals surface area (Å²) in [5, 5.41) is 0. The lowest BCUT2D eigenvalue weighted by Crippen LogP contribution is -2.10. The molecule has 0 heterocycles. The second kappa shape index (κ2) is 11.8. The minimum atomic E-state index is 0.166. The summed E-state index contributed by atoms with van der Waals surface area (Å²) in [6, 6.07) is 34.0. The van der Waals surface area contributed by atoms with Crippen molar-refractivity contribution in [3.05, 3.63) is 108 Å². The molecule has 0 amide bonds. The molecule has 0 aliphatic heterocycles. The molecular weight excluding hydrogens is 505 g/mol. The van der Waals surface area contributed by atoms with E-state index in [9.17, 15) is 0 Å². The van der Waals surface area contributed by atoms with E-state index in [0.717, 1.165) is 6.42 Å². The molecule has 0 fully saturated rings. The highest BCUT2D eigenvalue weighted by Crippen LogP contribution is 2.40. The van der Waals surface area contributed by atoms with E-state index in [0.29, 0.717) is 0 Å². The van der Waals surface area contributed by atoms with Crippen molar-refractivity contribution in [2.75, 3.05) is 0 Å². The largest absolute Gasteiger partial charge is 0.0900 e. The summed E-state index contributed by atoms with van der Waals surface area (Å²) in [4.78, 5) is 7.63. The monoisotopic (exact) mass is 542 g/mol. The van der Waals surface area contributed by atoms with E-state index in [1.165, 1.54) is 46.1 Å². The Morgan fingerprint density at radius 2 is 0.730 bits per heavy atom. The average molecular weight is 543 g/mol. The third kappa shape index (κ3) is 7.96. The normalized spacial score (nSPS) is 12.1. The Balaban J connectivity index is 1.62. The first-order valence-corrected chi connectivity index (χ1v) is 15.4. The highest BCUT2D eigenvalue weighted by Gasteiger charge is 2.15. The molecule has 0 saturated carbocycles. The fourth-order valence-electron chi connectivity index (χ4n) is 3.97. The third-order valence-electron chi connectivity index (χ3n) is 6.33. The van der Waals surface area contributed by atoms with E-state index in [4.69, 9.17) is 0 Å². The zero-order chi connectivity index (χ0) is 26.6. The Hall–Kier alpha value is -2.07. The predicted octanol–water partition coefficient (Wildman–Crippen LogP) is 11.3. The molecule has 0 aliphatic carbocycles. The molecule has 0 N–H and O–H groups in total. The van der Waals surface area contributed by atoms with Crippen LogP contribution >= 0.6 is 35.3 Å². The van der Waals surface area contributed by atoms with Crippen LogP contribution < -0.4 is 0 Å². The zero-order valence-electron chi connectivity index (χ0n) is 23.1. The first kappa shape index (κ1) is 28.0. The van der Waals surface area contributed by atoms with Crippen LogP contribution in [0.4, 0.5) is 0 Å². The van der Waals surface area contributed by atoms with Gasteiger partial charge in [-0.05, 0) is 88.5 Å². The smallest absolute Gasteiger partial charge is 0.0144 e. The van der Waals surface area contributed by atoms with Crippen LogP contribution in [-0.2, 0) is 17.3 Å². The Morgan fingerprint density at radius 1 is 0.432 bits per heavy atom. The van der Waals surface area contributed by atoms with Crippen LogP contribution in [0, 0.1) is 0 Å². The van der Waals surface area contributed by atoms with Crippen molar-refractivity contribution in [2.24, 2.45) is 0 Å². The molecule has 0 nitrogen and oxygen atoms in total. The first-order valence-electron chi connectivity index (χ1n) is 13.0. The van der Waals surface area contributed by atoms with Crippen molar-refractivity contribution >= 4 is 35.3 Å². The SMILES string of the molecule is CCc1ccc(Sc2cc(Sc3ccc(C(C)(C)C)cc3)cc(Sc3ccc(C(C)(C)C)cc3)c2)cc1. The number of aryl methyl sites for hydroxylation is 1. The van der Waals surface area contributed by atoms with Crippen LogP contribution in [0.2, 0.25) is 0 Å². The Morgan fingerprint density at radius 3 is 1.00 bits per heavy atom. The van der Waals surface area contributed by atoms with Crippen molar-refractivity contribution in [1.82, 2.24) is 0 Å². The van der Waals surface area contributed by atoms with Gasteiger partial charge >= 0.3 is 0 Å². The van der Waals surface area contributed by atoms with Crippen LogP contribution in [0.25, 0.3) is 0 Å². The van der Waals surface area contributed by atoms with Crippen molar-refractivity contribution in [3.8, 4) is 0 Å². The fourth-order valence-corrected chi connectivity index (χ4v) is 6.94. The molecule has 4 aromatic rings. The van der Waals surface area contributed by atoms with E-state index in [-0.39, 0.29) is 10.8 Å². The molecule has 0 unspecified atom stereocenters.